The molecule has 0 aromatic heterocycles. The van der Waals surface area contributed by atoms with Gasteiger partial charge in [0.1, 0.15) is 0 Å². The lowest BCUT2D eigenvalue weighted by Gasteiger charge is -2.07. The van der Waals surface area contributed by atoms with Crippen molar-refractivity contribution < 1.29 is 9.53 Å². The molecule has 0 bridgehead atoms. The molecule has 0 aliphatic heterocycles. The Morgan fingerprint density at radius 2 is 1.85 bits per heavy atom. The number of carbonyl (C=O) groups excluding carboxylic acids is 1. The molecule has 0 N–H and O–H groups in total. The number of amides is 1. The summed E-state index contributed by atoms with van der Waals surface area (Å²) in [6.45, 7) is 2.62. The number of hydrogen-bond donors (Lipinski definition) is 2. The molecular weight excluding hydrogens is 206 g/mol. The summed E-state index contributed by atoms with van der Waals surface area (Å²) in [4.78, 5) is 10.8. The van der Waals surface area contributed by atoms with Crippen molar-refractivity contribution in [3.63, 3.8) is 0 Å². The van der Waals surface area contributed by atoms with Gasteiger partial charge in [-0.15, -0.1) is 0 Å². The molecule has 0 saturated heterocycles. The Labute approximate surface area is 90.9 Å². The highest BCUT2D eigenvalue weighted by Crippen LogP contribution is 2.05. The maximum absolute atomic E-state index is 10.8. The number of ether oxygens (including phenoxy) is 1. The van der Waals surface area contributed by atoms with Crippen molar-refractivity contribution in [2.24, 2.45) is 0 Å². The largest absolute Gasteiger partial charge is 0.448 e. The monoisotopic (exact) mass is 223 g/mol. The summed E-state index contributed by atoms with van der Waals surface area (Å²) >= 11 is 7.35. The second-order valence-electron chi connectivity index (χ2n) is 2.82. The minimum Gasteiger partial charge on any atom is -0.448 e. The highest BCUT2D eigenvalue weighted by Gasteiger charge is 2.04. The quantitative estimate of drug-likeness (QED) is 0.535. The van der Waals surface area contributed by atoms with Gasteiger partial charge in [-0.2, -0.15) is 3.71 Å². The summed E-state index contributed by atoms with van der Waals surface area (Å²) < 4.78 is 5.66. The van der Waals surface area contributed by atoms with E-state index >= 15 is 0 Å². The molecule has 0 radical (unpaired) electrons. The van der Waals surface area contributed by atoms with E-state index in [1.165, 1.54) is 19.3 Å². The van der Waals surface area contributed by atoms with E-state index in [1.807, 2.05) is 0 Å². The maximum Gasteiger partial charge on any atom is 0.429 e. The fraction of sp³-hybridized carbons (Fsp3) is 0.875. The van der Waals surface area contributed by atoms with Crippen molar-refractivity contribution >= 4 is 31.7 Å². The van der Waals surface area contributed by atoms with Crippen molar-refractivity contribution in [3.05, 3.63) is 0 Å². The Bertz CT molecular complexity index is 142. The Morgan fingerprint density at radius 3 is 2.38 bits per heavy atom. The molecule has 0 rings (SSSR count). The van der Waals surface area contributed by atoms with Gasteiger partial charge in [0.05, 0.1) is 6.61 Å². The molecule has 0 aliphatic carbocycles. The number of hydrogen-bond acceptors (Lipinski definition) is 4. The van der Waals surface area contributed by atoms with Crippen molar-refractivity contribution in [2.75, 3.05) is 6.61 Å². The van der Waals surface area contributed by atoms with Gasteiger partial charge in [-0.3, -0.25) is 0 Å². The van der Waals surface area contributed by atoms with Gasteiger partial charge >= 0.3 is 6.09 Å². The summed E-state index contributed by atoms with van der Waals surface area (Å²) in [6, 6.07) is 0. The van der Waals surface area contributed by atoms with Crippen LogP contribution in [0, 0.1) is 0 Å². The predicted octanol–water partition coefficient (Wildman–Crippen LogP) is 3.09. The molecule has 5 heteroatoms. The third-order valence-electron chi connectivity index (χ3n) is 1.64. The predicted molar refractivity (Wildman–Crippen MR) is 59.9 cm³/mol. The Hall–Kier alpha value is -0.0300. The summed E-state index contributed by atoms with van der Waals surface area (Å²) in [5.41, 5.74) is 0. The summed E-state index contributed by atoms with van der Waals surface area (Å²) in [7, 11) is 0. The second kappa shape index (κ2) is 8.56. The van der Waals surface area contributed by atoms with E-state index in [2.05, 4.69) is 32.6 Å². The molecule has 0 saturated carbocycles. The van der Waals surface area contributed by atoms with Crippen LogP contribution < -0.4 is 0 Å². The van der Waals surface area contributed by atoms with E-state index in [0.29, 0.717) is 6.61 Å². The standard InChI is InChI=1S/C8H17NO2S2/c1-2-3-4-5-6-7-11-8(10)9(12)13/h12-13H,2-7H2,1H3. The van der Waals surface area contributed by atoms with Crippen LogP contribution in [0.2, 0.25) is 0 Å². The lowest BCUT2D eigenvalue weighted by atomic mass is 10.2. The third kappa shape index (κ3) is 8.30. The first-order valence-electron chi connectivity index (χ1n) is 4.53. The number of nitrogens with zero attached hydrogens (tertiary/aromatic N) is 1. The minimum absolute atomic E-state index is 0.458. The Kier molecular flexibility index (Phi) is 8.54. The summed E-state index contributed by atoms with van der Waals surface area (Å²) in [6.07, 6.45) is 5.20. The van der Waals surface area contributed by atoms with Crippen LogP contribution in [0.25, 0.3) is 0 Å². The van der Waals surface area contributed by atoms with Gasteiger partial charge in [-0.25, -0.2) is 4.79 Å². The van der Waals surface area contributed by atoms with Gasteiger partial charge in [-0.1, -0.05) is 32.6 Å². The average molecular weight is 223 g/mol. The first kappa shape index (κ1) is 13.0. The molecule has 0 aromatic rings. The van der Waals surface area contributed by atoms with Crippen molar-refractivity contribution in [3.8, 4) is 0 Å². The smallest absolute Gasteiger partial charge is 0.429 e. The topological polar surface area (TPSA) is 29.5 Å². The minimum atomic E-state index is -0.512. The molecule has 0 unspecified atom stereocenters. The Balaban J connectivity index is 3.12. The highest BCUT2D eigenvalue weighted by atomic mass is 32.2. The first-order chi connectivity index (χ1) is 6.18. The van der Waals surface area contributed by atoms with Crippen LogP contribution in [0.5, 0.6) is 0 Å². The molecule has 0 aromatic carbocycles. The van der Waals surface area contributed by atoms with E-state index in [-0.39, 0.29) is 0 Å². The van der Waals surface area contributed by atoms with Crippen LogP contribution in [0.3, 0.4) is 0 Å². The van der Waals surface area contributed by atoms with Gasteiger partial charge in [0.15, 0.2) is 0 Å². The van der Waals surface area contributed by atoms with Crippen molar-refractivity contribution in [2.45, 2.75) is 39.0 Å². The molecule has 13 heavy (non-hydrogen) atoms. The molecule has 0 atom stereocenters. The van der Waals surface area contributed by atoms with Crippen LogP contribution >= 0.6 is 25.6 Å². The zero-order valence-corrected chi connectivity index (χ0v) is 9.69. The molecule has 0 spiro atoms. The van der Waals surface area contributed by atoms with Crippen LogP contribution in [-0.2, 0) is 4.74 Å². The second-order valence-corrected chi connectivity index (χ2v) is 3.93. The van der Waals surface area contributed by atoms with Crippen molar-refractivity contribution in [1.82, 2.24) is 3.71 Å². The van der Waals surface area contributed by atoms with Crippen molar-refractivity contribution in [1.29, 1.82) is 0 Å². The fourth-order valence-corrected chi connectivity index (χ4v) is 1.04. The van der Waals surface area contributed by atoms with Crippen LogP contribution in [0.4, 0.5) is 4.79 Å². The third-order valence-corrected chi connectivity index (χ3v) is 1.96. The first-order valence-corrected chi connectivity index (χ1v) is 5.33. The van der Waals surface area contributed by atoms with E-state index in [9.17, 15) is 4.79 Å². The SMILES string of the molecule is CCCCCCCOC(=O)N(S)S. The molecule has 78 valence electrons. The zero-order chi connectivity index (χ0) is 10.1. The average Bonchev–Trinajstić information content (AvgIpc) is 2.10. The lowest BCUT2D eigenvalue weighted by molar-refractivity contribution is 0.140. The maximum atomic E-state index is 10.8. The van der Waals surface area contributed by atoms with Gasteiger partial charge in [0, 0.05) is 0 Å². The molecule has 1 amide bonds. The van der Waals surface area contributed by atoms with Crippen LogP contribution in [-0.4, -0.2) is 16.4 Å². The van der Waals surface area contributed by atoms with Crippen LogP contribution in [0.1, 0.15) is 39.0 Å². The number of carbonyl (C=O) groups is 1. The lowest BCUT2D eigenvalue weighted by Crippen LogP contribution is -2.13. The number of thiol groups is 2. The summed E-state index contributed by atoms with van der Waals surface area (Å²) in [5.74, 6) is 0. The van der Waals surface area contributed by atoms with Gasteiger partial charge in [0.2, 0.25) is 0 Å². The van der Waals surface area contributed by atoms with Gasteiger partial charge in [-0.05, 0) is 32.1 Å². The van der Waals surface area contributed by atoms with Gasteiger partial charge in [0.25, 0.3) is 0 Å². The van der Waals surface area contributed by atoms with E-state index in [1.54, 1.807) is 0 Å². The summed E-state index contributed by atoms with van der Waals surface area (Å²) in [5, 5.41) is 0. The molecule has 0 fully saturated rings. The van der Waals surface area contributed by atoms with E-state index in [0.717, 1.165) is 16.6 Å². The van der Waals surface area contributed by atoms with Crippen LogP contribution in [0.15, 0.2) is 0 Å². The molecule has 0 aliphatic rings. The highest BCUT2D eigenvalue weighted by molar-refractivity contribution is 7.94. The molecule has 3 nitrogen and oxygen atoms in total. The Morgan fingerprint density at radius 1 is 1.23 bits per heavy atom. The fourth-order valence-electron chi connectivity index (χ4n) is 0.923. The van der Waals surface area contributed by atoms with Gasteiger partial charge < -0.3 is 4.74 Å². The number of unbranched alkanes of at least 4 members (excludes halogenated alkanes) is 4. The number of rotatable bonds is 6. The molecular formula is C8H17NO2S2. The van der Waals surface area contributed by atoms with E-state index < -0.39 is 6.09 Å². The normalized spacial score (nSPS) is 9.77. The van der Waals surface area contributed by atoms with E-state index in [4.69, 9.17) is 4.74 Å². The molecule has 0 heterocycles. The zero-order valence-electron chi connectivity index (χ0n) is 7.90.